The second kappa shape index (κ2) is 9.87. The predicted octanol–water partition coefficient (Wildman–Crippen LogP) is 4.15. The number of halogens is 6. The number of phosphoric acid groups is 1. The summed E-state index contributed by atoms with van der Waals surface area (Å²) in [6, 6.07) is 0. The molecule has 0 amide bonds. The molecule has 3 unspecified atom stereocenters. The molecule has 0 spiro atoms. The van der Waals surface area contributed by atoms with Gasteiger partial charge in [-0.15, -0.1) is 69.6 Å². The Kier molecular flexibility index (Phi) is 10.8. The first-order valence-corrected chi connectivity index (χ1v) is 9.96. The maximum absolute atomic E-state index is 11.3. The number of hydrogen-bond donors (Lipinski definition) is 2. The molecule has 0 fully saturated rings. The van der Waals surface area contributed by atoms with Gasteiger partial charge < -0.3 is 9.79 Å². The normalized spacial score (nSPS) is 20.2. The average molecular weight is 431 g/mol. The third-order valence-electron chi connectivity index (χ3n) is 2.61. The second-order valence-electron chi connectivity index (χ2n) is 3.95. The molecule has 0 aromatic heterocycles. The van der Waals surface area contributed by atoms with Crippen LogP contribution in [0.2, 0.25) is 0 Å². The van der Waals surface area contributed by atoms with E-state index in [2.05, 4.69) is 0 Å². The quantitative estimate of drug-likeness (QED) is 0.403. The zero-order chi connectivity index (χ0) is 16.0. The van der Waals surface area contributed by atoms with Crippen molar-refractivity contribution in [3.05, 3.63) is 0 Å². The fourth-order valence-corrected chi connectivity index (χ4v) is 5.07. The fourth-order valence-electron chi connectivity index (χ4n) is 1.73. The summed E-state index contributed by atoms with van der Waals surface area (Å²) in [6.07, 6.45) is 0.351. The maximum atomic E-state index is 11.3. The van der Waals surface area contributed by atoms with Crippen molar-refractivity contribution in [2.24, 2.45) is 0 Å². The summed E-state index contributed by atoms with van der Waals surface area (Å²) in [4.78, 5) is 18.3. The standard InChI is InChI=1S/C9H15Cl6O4P/c10-3-1-6(13)9(8(15)5-12,7(14)2-4-11)19-20(16,17)18/h6-8H,1-5H2,(H2,16,17,18). The van der Waals surface area contributed by atoms with Gasteiger partial charge in [0.2, 0.25) is 0 Å². The van der Waals surface area contributed by atoms with Crippen LogP contribution in [0.1, 0.15) is 12.8 Å². The van der Waals surface area contributed by atoms with Gasteiger partial charge in [-0.1, -0.05) is 0 Å². The zero-order valence-electron chi connectivity index (χ0n) is 10.2. The Bertz CT molecular complexity index is 316. The summed E-state index contributed by atoms with van der Waals surface area (Å²) in [5, 5.41) is -2.92. The summed E-state index contributed by atoms with van der Waals surface area (Å²) < 4.78 is 16.1. The number of hydrogen-bond acceptors (Lipinski definition) is 2. The molecule has 0 aliphatic rings. The van der Waals surface area contributed by atoms with Crippen LogP contribution in [0.5, 0.6) is 0 Å². The van der Waals surface area contributed by atoms with E-state index in [0.717, 1.165) is 0 Å². The molecule has 122 valence electrons. The highest BCUT2D eigenvalue weighted by molar-refractivity contribution is 7.46. The summed E-state index contributed by atoms with van der Waals surface area (Å²) in [6.45, 7) is 0. The molecule has 0 heterocycles. The van der Waals surface area contributed by atoms with Gasteiger partial charge in [-0.2, -0.15) is 0 Å². The first-order chi connectivity index (χ1) is 9.15. The summed E-state index contributed by atoms with van der Waals surface area (Å²) in [5.41, 5.74) is -1.75. The van der Waals surface area contributed by atoms with Crippen molar-refractivity contribution in [1.82, 2.24) is 0 Å². The topological polar surface area (TPSA) is 66.8 Å². The van der Waals surface area contributed by atoms with Gasteiger partial charge in [-0.05, 0) is 12.8 Å². The van der Waals surface area contributed by atoms with E-state index < -0.39 is 29.6 Å². The van der Waals surface area contributed by atoms with E-state index in [0.29, 0.717) is 0 Å². The largest absolute Gasteiger partial charge is 0.470 e. The average Bonchev–Trinajstić information content (AvgIpc) is 2.34. The van der Waals surface area contributed by atoms with Crippen molar-refractivity contribution in [2.75, 3.05) is 17.6 Å². The smallest absolute Gasteiger partial charge is 0.303 e. The van der Waals surface area contributed by atoms with Gasteiger partial charge in [0.15, 0.2) is 0 Å². The molecule has 0 aromatic rings. The van der Waals surface area contributed by atoms with E-state index in [4.69, 9.17) is 83.9 Å². The minimum atomic E-state index is -4.91. The molecule has 0 radical (unpaired) electrons. The Balaban J connectivity index is 5.68. The third kappa shape index (κ3) is 6.16. The van der Waals surface area contributed by atoms with Gasteiger partial charge in [-0.25, -0.2) is 4.57 Å². The van der Waals surface area contributed by atoms with Crippen LogP contribution in [0.25, 0.3) is 0 Å². The van der Waals surface area contributed by atoms with Crippen LogP contribution in [-0.4, -0.2) is 49.2 Å². The summed E-state index contributed by atoms with van der Waals surface area (Å²) in [7, 11) is -4.91. The van der Waals surface area contributed by atoms with Crippen LogP contribution in [0.3, 0.4) is 0 Å². The fraction of sp³-hybridized carbons (Fsp3) is 1.00. The Morgan fingerprint density at radius 1 is 0.950 bits per heavy atom. The van der Waals surface area contributed by atoms with Crippen molar-refractivity contribution in [2.45, 2.75) is 34.6 Å². The lowest BCUT2D eigenvalue weighted by Crippen LogP contribution is -2.57. The van der Waals surface area contributed by atoms with Gasteiger partial charge in [0.25, 0.3) is 0 Å². The molecular formula is C9H15Cl6O4P. The second-order valence-corrected chi connectivity index (χ2v) is 7.76. The molecule has 0 aromatic carbocycles. The molecule has 0 saturated carbocycles. The van der Waals surface area contributed by atoms with Crippen LogP contribution >= 0.6 is 77.4 Å². The molecule has 0 bridgehead atoms. The highest BCUT2D eigenvalue weighted by Crippen LogP contribution is 2.50. The zero-order valence-corrected chi connectivity index (χ0v) is 15.6. The van der Waals surface area contributed by atoms with E-state index in [1.54, 1.807) is 0 Å². The van der Waals surface area contributed by atoms with Crippen LogP contribution in [0.4, 0.5) is 0 Å². The minimum absolute atomic E-state index is 0.136. The van der Waals surface area contributed by atoms with Crippen molar-refractivity contribution >= 4 is 77.4 Å². The molecule has 0 saturated heterocycles. The molecule has 0 rings (SSSR count). The van der Waals surface area contributed by atoms with Crippen molar-refractivity contribution < 1.29 is 18.9 Å². The Labute approximate surface area is 148 Å². The number of rotatable bonds is 10. The van der Waals surface area contributed by atoms with Crippen LogP contribution in [0.15, 0.2) is 0 Å². The Hall–Kier alpha value is 1.85. The highest BCUT2D eigenvalue weighted by atomic mass is 35.5. The van der Waals surface area contributed by atoms with E-state index in [-0.39, 0.29) is 30.5 Å². The van der Waals surface area contributed by atoms with Crippen molar-refractivity contribution in [3.63, 3.8) is 0 Å². The lowest BCUT2D eigenvalue weighted by molar-refractivity contribution is 0.0250. The van der Waals surface area contributed by atoms with Crippen LogP contribution in [0, 0.1) is 0 Å². The van der Waals surface area contributed by atoms with Gasteiger partial charge in [0.1, 0.15) is 5.60 Å². The first-order valence-electron chi connectivity index (χ1n) is 5.52. The minimum Gasteiger partial charge on any atom is -0.303 e. The van der Waals surface area contributed by atoms with Crippen LogP contribution < -0.4 is 0 Å². The van der Waals surface area contributed by atoms with Gasteiger partial charge in [0.05, 0.1) is 16.1 Å². The number of phosphoric ester groups is 1. The van der Waals surface area contributed by atoms with Crippen LogP contribution in [-0.2, 0) is 9.09 Å². The monoisotopic (exact) mass is 428 g/mol. The summed E-state index contributed by atoms with van der Waals surface area (Å²) >= 11 is 35.4. The van der Waals surface area contributed by atoms with E-state index in [1.807, 2.05) is 0 Å². The first kappa shape index (κ1) is 21.9. The maximum Gasteiger partial charge on any atom is 0.470 e. The molecule has 20 heavy (non-hydrogen) atoms. The van der Waals surface area contributed by atoms with E-state index in [9.17, 15) is 4.57 Å². The van der Waals surface area contributed by atoms with Crippen molar-refractivity contribution in [1.29, 1.82) is 0 Å². The Morgan fingerprint density at radius 3 is 1.60 bits per heavy atom. The van der Waals surface area contributed by atoms with Gasteiger partial charge in [-0.3, -0.25) is 4.52 Å². The molecule has 0 aliphatic heterocycles. The number of alkyl halides is 6. The SMILES string of the molecule is O=P(O)(O)OC(C(Cl)CCl)(C(Cl)CCCl)C(Cl)CCCl. The lowest BCUT2D eigenvalue weighted by Gasteiger charge is -2.43. The summed E-state index contributed by atoms with van der Waals surface area (Å²) in [5.74, 6) is 0.103. The molecule has 3 atom stereocenters. The molecule has 4 nitrogen and oxygen atoms in total. The Morgan fingerprint density at radius 2 is 1.35 bits per heavy atom. The van der Waals surface area contributed by atoms with E-state index in [1.165, 1.54) is 0 Å². The lowest BCUT2D eigenvalue weighted by atomic mass is 9.88. The third-order valence-corrected chi connectivity index (χ3v) is 5.68. The predicted molar refractivity (Wildman–Crippen MR) is 86.2 cm³/mol. The highest BCUT2D eigenvalue weighted by Gasteiger charge is 2.53. The molecule has 0 aliphatic carbocycles. The molecule has 11 heteroatoms. The van der Waals surface area contributed by atoms with Gasteiger partial charge in [0, 0.05) is 17.6 Å². The molecule has 2 N–H and O–H groups in total. The van der Waals surface area contributed by atoms with Crippen molar-refractivity contribution in [3.8, 4) is 0 Å². The van der Waals surface area contributed by atoms with Gasteiger partial charge >= 0.3 is 7.82 Å². The van der Waals surface area contributed by atoms with E-state index >= 15 is 0 Å². The molecular weight excluding hydrogens is 416 g/mol.